The summed E-state index contributed by atoms with van der Waals surface area (Å²) in [6.45, 7) is 6.62. The Hall–Kier alpha value is -1.68. The monoisotopic (exact) mass is 230 g/mol. The highest BCUT2D eigenvalue weighted by molar-refractivity contribution is 5.39. The van der Waals surface area contributed by atoms with Crippen molar-refractivity contribution >= 4 is 0 Å². The smallest absolute Gasteiger partial charge is 0.153 e. The van der Waals surface area contributed by atoms with Crippen LogP contribution in [0.3, 0.4) is 0 Å². The number of aromatic nitrogens is 3. The van der Waals surface area contributed by atoms with Crippen LogP contribution in [-0.4, -0.2) is 14.8 Å². The van der Waals surface area contributed by atoms with Crippen molar-refractivity contribution < 1.29 is 0 Å². The van der Waals surface area contributed by atoms with E-state index in [2.05, 4.69) is 36.9 Å². The molecule has 2 rings (SSSR count). The van der Waals surface area contributed by atoms with Gasteiger partial charge in [-0.25, -0.2) is 9.67 Å². The number of para-hydroxylation sites is 1. The standard InChI is InChI=1S/C13H18N4/c1-9(2)13-15-12(8-14)17(16-13)11-7-5-4-6-10(11)3/h4-7,9H,8,14H2,1-3H3. The molecule has 2 aromatic rings. The lowest BCUT2D eigenvalue weighted by Gasteiger charge is -2.07. The van der Waals surface area contributed by atoms with Crippen molar-refractivity contribution in [1.29, 1.82) is 0 Å². The predicted molar refractivity (Wildman–Crippen MR) is 68.1 cm³/mol. The molecule has 0 fully saturated rings. The Balaban J connectivity index is 2.55. The van der Waals surface area contributed by atoms with Crippen LogP contribution in [0.2, 0.25) is 0 Å². The van der Waals surface area contributed by atoms with Gasteiger partial charge in [-0.05, 0) is 18.6 Å². The second-order valence-electron chi connectivity index (χ2n) is 4.44. The van der Waals surface area contributed by atoms with Gasteiger partial charge in [0.25, 0.3) is 0 Å². The molecule has 90 valence electrons. The van der Waals surface area contributed by atoms with Crippen molar-refractivity contribution in [2.45, 2.75) is 33.2 Å². The molecule has 0 aliphatic heterocycles. The summed E-state index contributed by atoms with van der Waals surface area (Å²) in [4.78, 5) is 4.47. The fourth-order valence-corrected chi connectivity index (χ4v) is 1.73. The minimum atomic E-state index is 0.311. The minimum absolute atomic E-state index is 0.311. The van der Waals surface area contributed by atoms with Gasteiger partial charge < -0.3 is 5.73 Å². The summed E-state index contributed by atoms with van der Waals surface area (Å²) >= 11 is 0. The number of hydrogen-bond donors (Lipinski definition) is 1. The van der Waals surface area contributed by atoms with Gasteiger partial charge in [0.05, 0.1) is 12.2 Å². The van der Waals surface area contributed by atoms with Crippen LogP contribution >= 0.6 is 0 Å². The molecular formula is C13H18N4. The SMILES string of the molecule is Cc1ccccc1-n1nc(C(C)C)nc1CN. The summed E-state index contributed by atoms with van der Waals surface area (Å²) in [6.07, 6.45) is 0. The van der Waals surface area contributed by atoms with Gasteiger partial charge in [0.1, 0.15) is 5.82 Å². The third-order valence-corrected chi connectivity index (χ3v) is 2.73. The average molecular weight is 230 g/mol. The van der Waals surface area contributed by atoms with Gasteiger partial charge >= 0.3 is 0 Å². The topological polar surface area (TPSA) is 56.7 Å². The van der Waals surface area contributed by atoms with E-state index in [-0.39, 0.29) is 0 Å². The van der Waals surface area contributed by atoms with Crippen LogP contribution in [-0.2, 0) is 6.54 Å². The van der Waals surface area contributed by atoms with E-state index in [1.807, 2.05) is 22.9 Å². The molecule has 0 radical (unpaired) electrons. The first kappa shape index (κ1) is 11.8. The van der Waals surface area contributed by atoms with E-state index in [1.165, 1.54) is 5.56 Å². The number of benzene rings is 1. The van der Waals surface area contributed by atoms with Crippen LogP contribution in [0, 0.1) is 6.92 Å². The summed E-state index contributed by atoms with van der Waals surface area (Å²) in [7, 11) is 0. The Morgan fingerprint density at radius 1 is 1.29 bits per heavy atom. The zero-order valence-corrected chi connectivity index (χ0v) is 10.5. The molecule has 0 saturated heterocycles. The molecule has 0 saturated carbocycles. The molecular weight excluding hydrogens is 212 g/mol. The number of hydrogen-bond acceptors (Lipinski definition) is 3. The lowest BCUT2D eigenvalue weighted by atomic mass is 10.2. The summed E-state index contributed by atoms with van der Waals surface area (Å²) < 4.78 is 1.85. The second kappa shape index (κ2) is 4.67. The molecule has 1 heterocycles. The Labute approximate surface area is 101 Å². The van der Waals surface area contributed by atoms with Gasteiger partial charge in [0, 0.05) is 5.92 Å². The number of rotatable bonds is 3. The third-order valence-electron chi connectivity index (χ3n) is 2.73. The fourth-order valence-electron chi connectivity index (χ4n) is 1.73. The Bertz CT molecular complexity index is 514. The Morgan fingerprint density at radius 3 is 2.59 bits per heavy atom. The normalized spacial score (nSPS) is 11.1. The molecule has 4 nitrogen and oxygen atoms in total. The third kappa shape index (κ3) is 2.22. The summed E-state index contributed by atoms with van der Waals surface area (Å²) in [5.41, 5.74) is 7.95. The highest BCUT2D eigenvalue weighted by atomic mass is 15.4. The minimum Gasteiger partial charge on any atom is -0.324 e. The van der Waals surface area contributed by atoms with Gasteiger partial charge in [-0.3, -0.25) is 0 Å². The Morgan fingerprint density at radius 2 is 2.00 bits per heavy atom. The maximum absolute atomic E-state index is 5.73. The quantitative estimate of drug-likeness (QED) is 0.879. The van der Waals surface area contributed by atoms with E-state index in [4.69, 9.17) is 5.73 Å². The molecule has 17 heavy (non-hydrogen) atoms. The number of aryl methyl sites for hydroxylation is 1. The van der Waals surface area contributed by atoms with Crippen LogP contribution in [0.15, 0.2) is 24.3 Å². The molecule has 1 aromatic carbocycles. The van der Waals surface area contributed by atoms with E-state index in [0.29, 0.717) is 12.5 Å². The number of nitrogens with two attached hydrogens (primary N) is 1. The molecule has 1 aromatic heterocycles. The maximum atomic E-state index is 5.73. The van der Waals surface area contributed by atoms with Crippen molar-refractivity contribution in [2.75, 3.05) is 0 Å². The molecule has 0 amide bonds. The lowest BCUT2D eigenvalue weighted by Crippen LogP contribution is -2.08. The van der Waals surface area contributed by atoms with Crippen molar-refractivity contribution in [2.24, 2.45) is 5.73 Å². The van der Waals surface area contributed by atoms with Crippen molar-refractivity contribution in [3.8, 4) is 5.69 Å². The van der Waals surface area contributed by atoms with Crippen LogP contribution in [0.4, 0.5) is 0 Å². The predicted octanol–water partition coefficient (Wildman–Crippen LogP) is 2.16. The van der Waals surface area contributed by atoms with Gasteiger partial charge in [0.2, 0.25) is 0 Å². The summed E-state index contributed by atoms with van der Waals surface area (Å²) in [6, 6.07) is 8.11. The fraction of sp³-hybridized carbons (Fsp3) is 0.385. The van der Waals surface area contributed by atoms with E-state index >= 15 is 0 Å². The average Bonchev–Trinajstić information content (AvgIpc) is 2.73. The first-order valence-electron chi connectivity index (χ1n) is 5.85. The highest BCUT2D eigenvalue weighted by Crippen LogP contribution is 2.17. The zero-order valence-electron chi connectivity index (χ0n) is 10.5. The first-order valence-corrected chi connectivity index (χ1v) is 5.85. The molecule has 0 bridgehead atoms. The van der Waals surface area contributed by atoms with Crippen LogP contribution in [0.1, 0.15) is 37.0 Å². The summed E-state index contributed by atoms with van der Waals surface area (Å²) in [5, 5.41) is 4.54. The van der Waals surface area contributed by atoms with Gasteiger partial charge in [-0.15, -0.1) is 0 Å². The lowest BCUT2D eigenvalue weighted by molar-refractivity contribution is 0.743. The van der Waals surface area contributed by atoms with E-state index < -0.39 is 0 Å². The van der Waals surface area contributed by atoms with Crippen molar-refractivity contribution in [3.63, 3.8) is 0 Å². The molecule has 0 unspecified atom stereocenters. The largest absolute Gasteiger partial charge is 0.324 e. The van der Waals surface area contributed by atoms with Gasteiger partial charge in [-0.1, -0.05) is 32.0 Å². The molecule has 0 aliphatic carbocycles. The van der Waals surface area contributed by atoms with E-state index in [0.717, 1.165) is 17.3 Å². The van der Waals surface area contributed by atoms with E-state index in [9.17, 15) is 0 Å². The van der Waals surface area contributed by atoms with Gasteiger partial charge in [-0.2, -0.15) is 5.10 Å². The van der Waals surface area contributed by atoms with Crippen LogP contribution in [0.5, 0.6) is 0 Å². The maximum Gasteiger partial charge on any atom is 0.153 e. The Kier molecular flexibility index (Phi) is 3.24. The van der Waals surface area contributed by atoms with Crippen LogP contribution in [0.25, 0.3) is 5.69 Å². The second-order valence-corrected chi connectivity index (χ2v) is 4.44. The molecule has 2 N–H and O–H groups in total. The first-order chi connectivity index (χ1) is 8.13. The zero-order chi connectivity index (χ0) is 12.4. The molecule has 0 spiro atoms. The molecule has 4 heteroatoms. The van der Waals surface area contributed by atoms with Crippen LogP contribution < -0.4 is 5.73 Å². The summed E-state index contributed by atoms with van der Waals surface area (Å²) in [5.74, 6) is 1.96. The van der Waals surface area contributed by atoms with Crippen molar-refractivity contribution in [1.82, 2.24) is 14.8 Å². The highest BCUT2D eigenvalue weighted by Gasteiger charge is 2.13. The van der Waals surface area contributed by atoms with Gasteiger partial charge in [0.15, 0.2) is 5.82 Å². The number of nitrogens with zero attached hydrogens (tertiary/aromatic N) is 3. The molecule has 0 aliphatic rings. The van der Waals surface area contributed by atoms with Crippen molar-refractivity contribution in [3.05, 3.63) is 41.5 Å². The van der Waals surface area contributed by atoms with E-state index in [1.54, 1.807) is 0 Å². The molecule has 0 atom stereocenters.